The lowest BCUT2D eigenvalue weighted by molar-refractivity contribution is -0.128. The first kappa shape index (κ1) is 15.9. The maximum atomic E-state index is 12.2. The number of aromatic amines is 1. The molecule has 3 N–H and O–H groups in total. The molecular formula is C19H16N4O3. The molecule has 1 aliphatic heterocycles. The van der Waals surface area contributed by atoms with Crippen molar-refractivity contribution in [2.45, 2.75) is 12.5 Å². The number of carbonyl (C=O) groups excluding carboxylic acids is 2. The average molecular weight is 348 g/mol. The highest BCUT2D eigenvalue weighted by Gasteiger charge is 2.29. The molecule has 2 amide bonds. The average Bonchev–Trinajstić information content (AvgIpc) is 3.33. The minimum absolute atomic E-state index is 0.250. The van der Waals surface area contributed by atoms with Gasteiger partial charge in [0.2, 0.25) is 0 Å². The molecule has 1 aliphatic rings. The number of ether oxygens (including phenoxy) is 1. The molecule has 0 saturated carbocycles. The number of rotatable bonds is 3. The first-order valence-electron chi connectivity index (χ1n) is 8.16. The van der Waals surface area contributed by atoms with Gasteiger partial charge < -0.3 is 4.74 Å². The molecule has 26 heavy (non-hydrogen) atoms. The Hall–Kier alpha value is -3.61. The summed E-state index contributed by atoms with van der Waals surface area (Å²) in [5.41, 5.74) is 7.54. The van der Waals surface area contributed by atoms with Gasteiger partial charge in [-0.1, -0.05) is 48.5 Å². The van der Waals surface area contributed by atoms with Gasteiger partial charge >= 0.3 is 0 Å². The largest absolute Gasteiger partial charge is 0.480 e. The van der Waals surface area contributed by atoms with Crippen molar-refractivity contribution in [3.8, 4) is 17.0 Å². The van der Waals surface area contributed by atoms with Crippen LogP contribution >= 0.6 is 0 Å². The van der Waals surface area contributed by atoms with Crippen LogP contribution in [0.15, 0.2) is 60.7 Å². The molecule has 0 spiro atoms. The third kappa shape index (κ3) is 3.14. The van der Waals surface area contributed by atoms with Gasteiger partial charge in [0.1, 0.15) is 11.4 Å². The van der Waals surface area contributed by atoms with E-state index < -0.39 is 17.9 Å². The van der Waals surface area contributed by atoms with Crippen LogP contribution < -0.4 is 15.6 Å². The van der Waals surface area contributed by atoms with Crippen molar-refractivity contribution >= 4 is 11.8 Å². The summed E-state index contributed by atoms with van der Waals surface area (Å²) < 4.78 is 5.59. The maximum Gasteiger partial charge on any atom is 0.287 e. The van der Waals surface area contributed by atoms with E-state index in [1.54, 1.807) is 6.07 Å². The second kappa shape index (κ2) is 6.72. The predicted octanol–water partition coefficient (Wildman–Crippen LogP) is 1.84. The highest BCUT2D eigenvalue weighted by atomic mass is 16.5. The minimum atomic E-state index is -0.658. The van der Waals surface area contributed by atoms with Gasteiger partial charge in [-0.2, -0.15) is 5.10 Å². The lowest BCUT2D eigenvalue weighted by Crippen LogP contribution is -2.47. The molecule has 4 rings (SSSR count). The van der Waals surface area contributed by atoms with Crippen molar-refractivity contribution in [3.63, 3.8) is 0 Å². The lowest BCUT2D eigenvalue weighted by Gasteiger charge is -2.11. The molecule has 1 aromatic heterocycles. The standard InChI is InChI=1S/C19H16N4O3/c24-18(15-11-14(20-21-15)12-6-2-1-3-7-12)22-23-19(25)17-10-13-8-4-5-9-16(13)26-17/h1-9,11,17H,10H2,(H,20,21)(H,22,24)(H,23,25)/t17-/m0/s1. The van der Waals surface area contributed by atoms with Crippen molar-refractivity contribution in [1.82, 2.24) is 21.0 Å². The highest BCUT2D eigenvalue weighted by Crippen LogP contribution is 2.28. The second-order valence-corrected chi connectivity index (χ2v) is 5.89. The highest BCUT2D eigenvalue weighted by molar-refractivity contribution is 5.95. The Morgan fingerprint density at radius 3 is 2.62 bits per heavy atom. The molecule has 0 aliphatic carbocycles. The summed E-state index contributed by atoms with van der Waals surface area (Å²) in [5.74, 6) is -0.194. The van der Waals surface area contributed by atoms with Crippen LogP contribution in [0.4, 0.5) is 0 Å². The van der Waals surface area contributed by atoms with Gasteiger partial charge in [0.25, 0.3) is 11.8 Å². The fourth-order valence-electron chi connectivity index (χ4n) is 2.79. The quantitative estimate of drug-likeness (QED) is 0.629. The van der Waals surface area contributed by atoms with Gasteiger partial charge in [0, 0.05) is 12.0 Å². The van der Waals surface area contributed by atoms with Crippen LogP contribution in [0.1, 0.15) is 16.1 Å². The molecule has 2 heterocycles. The predicted molar refractivity (Wildman–Crippen MR) is 94.2 cm³/mol. The van der Waals surface area contributed by atoms with Crippen LogP contribution in [0.5, 0.6) is 5.75 Å². The number of hydrogen-bond acceptors (Lipinski definition) is 4. The van der Waals surface area contributed by atoms with E-state index in [1.807, 2.05) is 54.6 Å². The molecule has 0 fully saturated rings. The fraction of sp³-hybridized carbons (Fsp3) is 0.105. The maximum absolute atomic E-state index is 12.2. The minimum Gasteiger partial charge on any atom is -0.480 e. The second-order valence-electron chi connectivity index (χ2n) is 5.89. The van der Waals surface area contributed by atoms with Crippen LogP contribution in [0.3, 0.4) is 0 Å². The molecule has 1 atom stereocenters. The van der Waals surface area contributed by atoms with Crippen molar-refractivity contribution in [2.75, 3.05) is 0 Å². The Morgan fingerprint density at radius 1 is 1.04 bits per heavy atom. The first-order chi connectivity index (χ1) is 12.7. The van der Waals surface area contributed by atoms with E-state index in [-0.39, 0.29) is 5.69 Å². The number of aromatic nitrogens is 2. The van der Waals surface area contributed by atoms with Crippen molar-refractivity contribution in [3.05, 3.63) is 71.9 Å². The van der Waals surface area contributed by atoms with Gasteiger partial charge in [-0.05, 0) is 17.7 Å². The summed E-state index contributed by atoms with van der Waals surface area (Å²) in [6, 6.07) is 18.6. The monoisotopic (exact) mass is 348 g/mol. The molecule has 0 bridgehead atoms. The number of para-hydroxylation sites is 1. The summed E-state index contributed by atoms with van der Waals surface area (Å²) in [6.45, 7) is 0. The Balaban J connectivity index is 1.35. The molecular weight excluding hydrogens is 332 g/mol. The van der Waals surface area contributed by atoms with E-state index in [1.165, 1.54) is 0 Å². The number of nitrogens with one attached hydrogen (secondary N) is 3. The van der Waals surface area contributed by atoms with Crippen LogP contribution in [0.25, 0.3) is 11.3 Å². The molecule has 7 nitrogen and oxygen atoms in total. The topological polar surface area (TPSA) is 96.1 Å². The zero-order chi connectivity index (χ0) is 17.9. The molecule has 0 saturated heterocycles. The fourth-order valence-corrected chi connectivity index (χ4v) is 2.79. The number of carbonyl (C=O) groups is 2. The zero-order valence-electron chi connectivity index (χ0n) is 13.7. The number of amides is 2. The molecule has 7 heteroatoms. The third-order valence-corrected chi connectivity index (χ3v) is 4.13. The Bertz CT molecular complexity index is 927. The van der Waals surface area contributed by atoms with Gasteiger partial charge in [0.05, 0.1) is 5.69 Å². The van der Waals surface area contributed by atoms with Gasteiger partial charge in [0.15, 0.2) is 6.10 Å². The Morgan fingerprint density at radius 2 is 1.81 bits per heavy atom. The van der Waals surface area contributed by atoms with Gasteiger partial charge in [-0.15, -0.1) is 0 Å². The zero-order valence-corrected chi connectivity index (χ0v) is 13.7. The molecule has 0 unspecified atom stereocenters. The lowest BCUT2D eigenvalue weighted by atomic mass is 10.1. The SMILES string of the molecule is O=C(NNC(=O)[C@@H]1Cc2ccccc2O1)c1cc(-c2ccccc2)n[nH]1. The van der Waals surface area contributed by atoms with Gasteiger partial charge in [-0.3, -0.25) is 25.5 Å². The molecule has 130 valence electrons. The number of nitrogens with zero attached hydrogens (tertiary/aromatic N) is 1. The molecule has 3 aromatic rings. The van der Waals surface area contributed by atoms with Crippen molar-refractivity contribution in [2.24, 2.45) is 0 Å². The van der Waals surface area contributed by atoms with E-state index in [0.29, 0.717) is 17.9 Å². The van der Waals surface area contributed by atoms with Gasteiger partial charge in [-0.25, -0.2) is 0 Å². The van der Waals surface area contributed by atoms with Crippen molar-refractivity contribution in [1.29, 1.82) is 0 Å². The Labute approximate surface area is 149 Å². The number of H-pyrrole nitrogens is 1. The van der Waals surface area contributed by atoms with Crippen LogP contribution in [-0.2, 0) is 11.2 Å². The Kier molecular flexibility index (Phi) is 4.10. The third-order valence-electron chi connectivity index (χ3n) is 4.13. The number of hydrogen-bond donors (Lipinski definition) is 3. The van der Waals surface area contributed by atoms with Crippen LogP contribution in [-0.4, -0.2) is 28.1 Å². The van der Waals surface area contributed by atoms with E-state index >= 15 is 0 Å². The van der Waals surface area contributed by atoms with E-state index in [0.717, 1.165) is 11.1 Å². The first-order valence-corrected chi connectivity index (χ1v) is 8.16. The smallest absolute Gasteiger partial charge is 0.287 e. The number of benzene rings is 2. The van der Waals surface area contributed by atoms with Crippen LogP contribution in [0, 0.1) is 0 Å². The number of hydrazine groups is 1. The molecule has 2 aromatic carbocycles. The van der Waals surface area contributed by atoms with E-state index in [9.17, 15) is 9.59 Å². The van der Waals surface area contributed by atoms with E-state index in [2.05, 4.69) is 21.0 Å². The summed E-state index contributed by atoms with van der Waals surface area (Å²) >= 11 is 0. The summed E-state index contributed by atoms with van der Waals surface area (Å²) in [6.07, 6.45) is -0.186. The summed E-state index contributed by atoms with van der Waals surface area (Å²) in [4.78, 5) is 24.4. The number of fused-ring (bicyclic) bond motifs is 1. The normalized spacial score (nSPS) is 15.0. The summed E-state index contributed by atoms with van der Waals surface area (Å²) in [5, 5.41) is 6.78. The van der Waals surface area contributed by atoms with Crippen molar-refractivity contribution < 1.29 is 14.3 Å². The van der Waals surface area contributed by atoms with Crippen LogP contribution in [0.2, 0.25) is 0 Å². The summed E-state index contributed by atoms with van der Waals surface area (Å²) in [7, 11) is 0. The molecule has 0 radical (unpaired) electrons. The van der Waals surface area contributed by atoms with E-state index in [4.69, 9.17) is 4.74 Å².